The lowest BCUT2D eigenvalue weighted by Crippen LogP contribution is -2.37. The minimum absolute atomic E-state index is 0.468. The lowest BCUT2D eigenvalue weighted by Gasteiger charge is -2.32. The van der Waals surface area contributed by atoms with Crippen molar-refractivity contribution in [1.82, 2.24) is 5.32 Å². The van der Waals surface area contributed by atoms with Crippen molar-refractivity contribution in [3.63, 3.8) is 0 Å². The molecule has 0 bridgehead atoms. The Balaban J connectivity index is 2.15. The predicted molar refractivity (Wildman–Crippen MR) is 59.0 cm³/mol. The van der Waals surface area contributed by atoms with Gasteiger partial charge in [-0.15, -0.1) is 0 Å². The smallest absolute Gasteiger partial charge is 0.0360 e. The molecule has 1 aromatic rings. The number of nitrogens with two attached hydrogens (primary N) is 1. The molecule has 1 heterocycles. The number of rotatable bonds is 2. The summed E-state index contributed by atoms with van der Waals surface area (Å²) in [5.41, 5.74) is 7.17. The van der Waals surface area contributed by atoms with Gasteiger partial charge in [0, 0.05) is 6.04 Å². The van der Waals surface area contributed by atoms with E-state index in [1.54, 1.807) is 0 Å². The summed E-state index contributed by atoms with van der Waals surface area (Å²) in [7, 11) is 0. The summed E-state index contributed by atoms with van der Waals surface area (Å²) >= 11 is 0. The van der Waals surface area contributed by atoms with Crippen LogP contribution in [0, 0.1) is 5.92 Å². The number of benzene rings is 1. The predicted octanol–water partition coefficient (Wildman–Crippen LogP) is 1.69. The zero-order valence-corrected chi connectivity index (χ0v) is 8.45. The highest BCUT2D eigenvalue weighted by molar-refractivity contribution is 5.20. The third kappa shape index (κ3) is 1.97. The van der Waals surface area contributed by atoms with Crippen molar-refractivity contribution in [1.29, 1.82) is 0 Å². The fourth-order valence-corrected chi connectivity index (χ4v) is 2.26. The molecule has 0 aliphatic carbocycles. The van der Waals surface area contributed by atoms with E-state index in [1.807, 2.05) is 0 Å². The Morgan fingerprint density at radius 2 is 2.07 bits per heavy atom. The van der Waals surface area contributed by atoms with Gasteiger partial charge in [-0.2, -0.15) is 0 Å². The molecule has 0 amide bonds. The molecule has 76 valence electrons. The maximum Gasteiger partial charge on any atom is 0.0360 e. The standard InChI is InChI=1S/C12H18N2/c13-9-11-7-4-8-14-12(11)10-5-2-1-3-6-10/h1-3,5-6,11-12,14H,4,7-9,13H2/t11-,12-/m1/s1. The fraction of sp³-hybridized carbons (Fsp3) is 0.500. The highest BCUT2D eigenvalue weighted by atomic mass is 14.9. The number of hydrogen-bond acceptors (Lipinski definition) is 2. The molecular formula is C12H18N2. The fourth-order valence-electron chi connectivity index (χ4n) is 2.26. The summed E-state index contributed by atoms with van der Waals surface area (Å²) in [4.78, 5) is 0. The van der Waals surface area contributed by atoms with Crippen molar-refractivity contribution < 1.29 is 0 Å². The van der Waals surface area contributed by atoms with Crippen molar-refractivity contribution in [3.05, 3.63) is 35.9 Å². The molecule has 0 aromatic heterocycles. The lowest BCUT2D eigenvalue weighted by atomic mass is 9.86. The summed E-state index contributed by atoms with van der Waals surface area (Å²) in [5, 5.41) is 3.56. The molecule has 2 heteroatoms. The Morgan fingerprint density at radius 3 is 2.79 bits per heavy atom. The first-order chi connectivity index (χ1) is 6.92. The van der Waals surface area contributed by atoms with Gasteiger partial charge >= 0.3 is 0 Å². The molecule has 0 unspecified atom stereocenters. The Hall–Kier alpha value is -0.860. The third-order valence-electron chi connectivity index (χ3n) is 3.05. The summed E-state index contributed by atoms with van der Waals surface area (Å²) in [6, 6.07) is 11.1. The zero-order chi connectivity index (χ0) is 9.80. The van der Waals surface area contributed by atoms with E-state index < -0.39 is 0 Å². The van der Waals surface area contributed by atoms with E-state index in [4.69, 9.17) is 5.73 Å². The van der Waals surface area contributed by atoms with E-state index in [0.717, 1.165) is 13.1 Å². The van der Waals surface area contributed by atoms with Gasteiger partial charge in [0.1, 0.15) is 0 Å². The van der Waals surface area contributed by atoms with E-state index in [1.165, 1.54) is 18.4 Å². The SMILES string of the molecule is NC[C@H]1CCCN[C@@H]1c1ccccc1. The molecule has 1 aromatic carbocycles. The van der Waals surface area contributed by atoms with Crippen molar-refractivity contribution in [3.8, 4) is 0 Å². The van der Waals surface area contributed by atoms with Gasteiger partial charge in [-0.1, -0.05) is 30.3 Å². The molecule has 2 atom stereocenters. The van der Waals surface area contributed by atoms with Crippen molar-refractivity contribution in [2.75, 3.05) is 13.1 Å². The highest BCUT2D eigenvalue weighted by Gasteiger charge is 2.24. The molecule has 3 N–H and O–H groups in total. The van der Waals surface area contributed by atoms with Crippen LogP contribution in [0.25, 0.3) is 0 Å². The molecule has 14 heavy (non-hydrogen) atoms. The van der Waals surface area contributed by atoms with Crippen LogP contribution in [-0.4, -0.2) is 13.1 Å². The summed E-state index contributed by atoms with van der Waals surface area (Å²) in [6.45, 7) is 1.91. The topological polar surface area (TPSA) is 38.0 Å². The van der Waals surface area contributed by atoms with Gasteiger partial charge in [0.15, 0.2) is 0 Å². The molecule has 1 aliphatic rings. The van der Waals surface area contributed by atoms with Crippen LogP contribution in [0.1, 0.15) is 24.4 Å². The van der Waals surface area contributed by atoms with Crippen molar-refractivity contribution >= 4 is 0 Å². The van der Waals surface area contributed by atoms with Crippen molar-refractivity contribution in [2.45, 2.75) is 18.9 Å². The molecule has 2 rings (SSSR count). The van der Waals surface area contributed by atoms with Gasteiger partial charge in [-0.25, -0.2) is 0 Å². The lowest BCUT2D eigenvalue weighted by molar-refractivity contribution is 0.291. The Labute approximate surface area is 85.5 Å². The molecular weight excluding hydrogens is 172 g/mol. The van der Waals surface area contributed by atoms with E-state index >= 15 is 0 Å². The van der Waals surface area contributed by atoms with Crippen LogP contribution in [0.2, 0.25) is 0 Å². The molecule has 1 saturated heterocycles. The third-order valence-corrected chi connectivity index (χ3v) is 3.05. The maximum atomic E-state index is 5.79. The summed E-state index contributed by atoms with van der Waals surface area (Å²) < 4.78 is 0. The molecule has 0 radical (unpaired) electrons. The maximum absolute atomic E-state index is 5.79. The zero-order valence-electron chi connectivity index (χ0n) is 8.45. The second-order valence-corrected chi connectivity index (χ2v) is 3.98. The average Bonchev–Trinajstić information content (AvgIpc) is 2.30. The monoisotopic (exact) mass is 190 g/mol. The van der Waals surface area contributed by atoms with Gasteiger partial charge < -0.3 is 11.1 Å². The van der Waals surface area contributed by atoms with Crippen LogP contribution >= 0.6 is 0 Å². The Bertz CT molecular complexity index is 271. The first-order valence-corrected chi connectivity index (χ1v) is 5.40. The van der Waals surface area contributed by atoms with Crippen molar-refractivity contribution in [2.24, 2.45) is 11.7 Å². The second kappa shape index (κ2) is 4.58. The van der Waals surface area contributed by atoms with E-state index in [9.17, 15) is 0 Å². The van der Waals surface area contributed by atoms with Gasteiger partial charge in [-0.05, 0) is 37.4 Å². The average molecular weight is 190 g/mol. The molecule has 0 spiro atoms. The van der Waals surface area contributed by atoms with E-state index in [2.05, 4.69) is 35.6 Å². The van der Waals surface area contributed by atoms with Crippen LogP contribution in [0.4, 0.5) is 0 Å². The highest BCUT2D eigenvalue weighted by Crippen LogP contribution is 2.27. The molecule has 1 aliphatic heterocycles. The largest absolute Gasteiger partial charge is 0.330 e. The minimum Gasteiger partial charge on any atom is -0.330 e. The number of hydrogen-bond donors (Lipinski definition) is 2. The Morgan fingerprint density at radius 1 is 1.29 bits per heavy atom. The normalized spacial score (nSPS) is 27.5. The van der Waals surface area contributed by atoms with Crippen LogP contribution < -0.4 is 11.1 Å². The number of piperidine rings is 1. The molecule has 0 saturated carbocycles. The number of nitrogens with one attached hydrogen (secondary N) is 1. The van der Waals surface area contributed by atoms with Gasteiger partial charge in [0.2, 0.25) is 0 Å². The van der Waals surface area contributed by atoms with Gasteiger partial charge in [-0.3, -0.25) is 0 Å². The van der Waals surface area contributed by atoms with Crippen LogP contribution in [0.15, 0.2) is 30.3 Å². The van der Waals surface area contributed by atoms with Gasteiger partial charge in [0.05, 0.1) is 0 Å². The molecule has 2 nitrogen and oxygen atoms in total. The Kier molecular flexibility index (Phi) is 3.17. The first kappa shape index (κ1) is 9.69. The first-order valence-electron chi connectivity index (χ1n) is 5.40. The summed E-state index contributed by atoms with van der Waals surface area (Å²) in [6.07, 6.45) is 2.51. The second-order valence-electron chi connectivity index (χ2n) is 3.98. The molecule has 1 fully saturated rings. The van der Waals surface area contributed by atoms with Gasteiger partial charge in [0.25, 0.3) is 0 Å². The van der Waals surface area contributed by atoms with Crippen LogP contribution in [0.5, 0.6) is 0 Å². The van der Waals surface area contributed by atoms with Crippen LogP contribution in [0.3, 0.4) is 0 Å². The summed E-state index contributed by atoms with van der Waals surface area (Å²) in [5.74, 6) is 0.603. The quantitative estimate of drug-likeness (QED) is 0.744. The van der Waals surface area contributed by atoms with E-state index in [-0.39, 0.29) is 0 Å². The van der Waals surface area contributed by atoms with Crippen LogP contribution in [-0.2, 0) is 0 Å². The van der Waals surface area contributed by atoms with E-state index in [0.29, 0.717) is 12.0 Å². The minimum atomic E-state index is 0.468.